The van der Waals surface area contributed by atoms with Gasteiger partial charge in [-0.1, -0.05) is 30.3 Å². The molecule has 0 heterocycles. The average molecular weight is 250 g/mol. The van der Waals surface area contributed by atoms with Crippen molar-refractivity contribution in [1.29, 1.82) is 0 Å². The summed E-state index contributed by atoms with van der Waals surface area (Å²) in [5.74, 6) is 0.0790. The highest BCUT2D eigenvalue weighted by Gasteiger charge is 2.17. The fourth-order valence-corrected chi connectivity index (χ4v) is 2.16. The Labute approximate surface area is 98.3 Å². The van der Waals surface area contributed by atoms with Crippen LogP contribution in [0.25, 0.3) is 11.1 Å². The predicted molar refractivity (Wildman–Crippen MR) is 65.2 cm³/mol. The first-order valence-electron chi connectivity index (χ1n) is 4.93. The Morgan fingerprint density at radius 3 is 2.29 bits per heavy atom. The smallest absolute Gasteiger partial charge is 0.356 e. The van der Waals surface area contributed by atoms with Crippen LogP contribution in [0.1, 0.15) is 0 Å². The minimum absolute atomic E-state index is 0.0572. The van der Waals surface area contributed by atoms with Crippen LogP contribution in [-0.4, -0.2) is 14.9 Å². The summed E-state index contributed by atoms with van der Waals surface area (Å²) in [5, 5.41) is 9.61. The number of para-hydroxylation sites is 1. The molecule has 0 bridgehead atoms. The maximum Gasteiger partial charge on any atom is 0.356 e. The van der Waals surface area contributed by atoms with Crippen molar-refractivity contribution in [2.24, 2.45) is 0 Å². The molecule has 3 N–H and O–H groups in total. The maximum absolute atomic E-state index is 11.1. The third-order valence-electron chi connectivity index (χ3n) is 2.40. The Hall–Kier alpha value is -1.61. The first-order chi connectivity index (χ1) is 7.98. The third-order valence-corrected chi connectivity index (χ3v) is 3.35. The molecule has 0 aromatic heterocycles. The van der Waals surface area contributed by atoms with Crippen LogP contribution in [0.2, 0.25) is 0 Å². The van der Waals surface area contributed by atoms with Gasteiger partial charge in [0.1, 0.15) is 5.75 Å². The van der Waals surface area contributed by atoms with Crippen LogP contribution in [0, 0.1) is 0 Å². The summed E-state index contributed by atoms with van der Waals surface area (Å²) < 4.78 is 11.1. The third kappa shape index (κ3) is 2.56. The van der Waals surface area contributed by atoms with Crippen molar-refractivity contribution in [3.05, 3.63) is 48.5 Å². The number of aromatic hydroxyl groups is 1. The molecule has 0 aliphatic carbocycles. The lowest BCUT2D eigenvalue weighted by Crippen LogP contribution is -2.03. The van der Waals surface area contributed by atoms with Crippen molar-refractivity contribution in [2.75, 3.05) is 0 Å². The zero-order valence-corrected chi connectivity index (χ0v) is 9.71. The van der Waals surface area contributed by atoms with Gasteiger partial charge in [-0.3, -0.25) is 4.57 Å². The van der Waals surface area contributed by atoms with Gasteiger partial charge in [0.15, 0.2) is 0 Å². The van der Waals surface area contributed by atoms with E-state index in [0.717, 1.165) is 0 Å². The van der Waals surface area contributed by atoms with Crippen LogP contribution in [0.5, 0.6) is 5.75 Å². The van der Waals surface area contributed by atoms with E-state index in [2.05, 4.69) is 0 Å². The summed E-state index contributed by atoms with van der Waals surface area (Å²) in [7, 11) is -4.26. The molecule has 0 atom stereocenters. The summed E-state index contributed by atoms with van der Waals surface area (Å²) in [6.45, 7) is 0. The summed E-state index contributed by atoms with van der Waals surface area (Å²) in [5.41, 5.74) is 1.12. The van der Waals surface area contributed by atoms with Gasteiger partial charge in [-0.05, 0) is 23.8 Å². The lowest BCUT2D eigenvalue weighted by molar-refractivity contribution is 0.387. The van der Waals surface area contributed by atoms with Gasteiger partial charge in [0.25, 0.3) is 0 Å². The van der Waals surface area contributed by atoms with E-state index in [1.54, 1.807) is 30.3 Å². The molecular formula is C12H11O4P. The molecule has 4 nitrogen and oxygen atoms in total. The Morgan fingerprint density at radius 2 is 1.65 bits per heavy atom. The summed E-state index contributed by atoms with van der Waals surface area (Å²) in [4.78, 5) is 18.2. The van der Waals surface area contributed by atoms with Crippen LogP contribution in [0.3, 0.4) is 0 Å². The number of hydrogen-bond donors (Lipinski definition) is 3. The van der Waals surface area contributed by atoms with Gasteiger partial charge in [-0.25, -0.2) is 0 Å². The van der Waals surface area contributed by atoms with E-state index in [0.29, 0.717) is 11.1 Å². The summed E-state index contributed by atoms with van der Waals surface area (Å²) >= 11 is 0. The molecule has 0 saturated carbocycles. The zero-order valence-electron chi connectivity index (χ0n) is 8.82. The largest absolute Gasteiger partial charge is 0.507 e. The first-order valence-corrected chi connectivity index (χ1v) is 6.54. The number of phenols is 1. The minimum atomic E-state index is -4.26. The molecule has 0 saturated heterocycles. The Morgan fingerprint density at radius 1 is 0.941 bits per heavy atom. The molecule has 0 spiro atoms. The lowest BCUT2D eigenvalue weighted by Gasteiger charge is -2.08. The fraction of sp³-hybridized carbons (Fsp3) is 0. The Kier molecular flexibility index (Phi) is 3.03. The van der Waals surface area contributed by atoms with Crippen molar-refractivity contribution >= 4 is 12.9 Å². The van der Waals surface area contributed by atoms with Gasteiger partial charge in [0, 0.05) is 5.56 Å². The van der Waals surface area contributed by atoms with E-state index >= 15 is 0 Å². The van der Waals surface area contributed by atoms with Gasteiger partial charge in [-0.15, -0.1) is 0 Å². The van der Waals surface area contributed by atoms with Gasteiger partial charge >= 0.3 is 7.60 Å². The second-order valence-electron chi connectivity index (χ2n) is 3.61. The summed E-state index contributed by atoms with van der Waals surface area (Å²) in [6, 6.07) is 12.6. The monoisotopic (exact) mass is 250 g/mol. The molecule has 0 radical (unpaired) electrons. The van der Waals surface area contributed by atoms with Crippen LogP contribution in [0.4, 0.5) is 0 Å². The molecule has 0 fully saturated rings. The highest BCUT2D eigenvalue weighted by Crippen LogP contribution is 2.35. The van der Waals surface area contributed by atoms with Crippen LogP contribution < -0.4 is 5.30 Å². The van der Waals surface area contributed by atoms with E-state index in [1.807, 2.05) is 0 Å². The molecule has 0 aliphatic heterocycles. The van der Waals surface area contributed by atoms with E-state index in [9.17, 15) is 9.67 Å². The fourth-order valence-electron chi connectivity index (χ4n) is 1.57. The highest BCUT2D eigenvalue weighted by atomic mass is 31.2. The standard InChI is InChI=1S/C12H11O4P/c13-12-7-2-1-6-11(12)9-4-3-5-10(8-9)17(14,15)16/h1-8,13H,(H2,14,15,16). The van der Waals surface area contributed by atoms with Crippen LogP contribution >= 0.6 is 7.60 Å². The number of hydrogen-bond acceptors (Lipinski definition) is 2. The number of phenolic OH excluding ortho intramolecular Hbond substituents is 1. The first kappa shape index (κ1) is 11.9. The number of benzene rings is 2. The van der Waals surface area contributed by atoms with Gasteiger partial charge in [0.05, 0.1) is 5.30 Å². The second kappa shape index (κ2) is 4.34. The van der Waals surface area contributed by atoms with Gasteiger partial charge in [0.2, 0.25) is 0 Å². The molecule has 2 rings (SSSR count). The van der Waals surface area contributed by atoms with Crippen molar-refractivity contribution < 1.29 is 19.5 Å². The molecular weight excluding hydrogens is 239 g/mol. The molecule has 5 heteroatoms. The normalized spacial score (nSPS) is 11.4. The van der Waals surface area contributed by atoms with Crippen molar-refractivity contribution in [3.63, 3.8) is 0 Å². The molecule has 0 unspecified atom stereocenters. The van der Waals surface area contributed by atoms with Gasteiger partial charge in [-0.2, -0.15) is 0 Å². The lowest BCUT2D eigenvalue weighted by atomic mass is 10.1. The van der Waals surface area contributed by atoms with E-state index < -0.39 is 7.60 Å². The number of rotatable bonds is 2. The van der Waals surface area contributed by atoms with Crippen molar-refractivity contribution in [2.45, 2.75) is 0 Å². The van der Waals surface area contributed by atoms with E-state index in [-0.39, 0.29) is 11.1 Å². The zero-order chi connectivity index (χ0) is 12.5. The molecule has 17 heavy (non-hydrogen) atoms. The molecule has 0 aliphatic rings. The molecule has 2 aromatic rings. The molecule has 88 valence electrons. The highest BCUT2D eigenvalue weighted by molar-refractivity contribution is 7.60. The Balaban J connectivity index is 2.55. The Bertz CT molecular complexity index is 589. The maximum atomic E-state index is 11.1. The second-order valence-corrected chi connectivity index (χ2v) is 5.22. The predicted octanol–water partition coefficient (Wildman–Crippen LogP) is 1.86. The summed E-state index contributed by atoms with van der Waals surface area (Å²) in [6.07, 6.45) is 0. The SMILES string of the molecule is O=P(O)(O)c1cccc(-c2ccccc2O)c1. The topological polar surface area (TPSA) is 77.8 Å². The molecule has 2 aromatic carbocycles. The average Bonchev–Trinajstić information content (AvgIpc) is 2.29. The van der Waals surface area contributed by atoms with Crippen LogP contribution in [-0.2, 0) is 4.57 Å². The van der Waals surface area contributed by atoms with Crippen LogP contribution in [0.15, 0.2) is 48.5 Å². The minimum Gasteiger partial charge on any atom is -0.507 e. The molecule has 0 amide bonds. The van der Waals surface area contributed by atoms with Crippen molar-refractivity contribution in [3.8, 4) is 16.9 Å². The quantitative estimate of drug-likeness (QED) is 0.711. The van der Waals surface area contributed by atoms with Crippen molar-refractivity contribution in [1.82, 2.24) is 0 Å². The van der Waals surface area contributed by atoms with E-state index in [4.69, 9.17) is 9.79 Å². The van der Waals surface area contributed by atoms with Gasteiger partial charge < -0.3 is 14.9 Å². The van der Waals surface area contributed by atoms with E-state index in [1.165, 1.54) is 18.2 Å².